The Morgan fingerprint density at radius 2 is 0.930 bits per heavy atom. The third-order valence-electron chi connectivity index (χ3n) is 11.8. The minimum Gasteiger partial charge on any atom is -0.466 e. The van der Waals surface area contributed by atoms with Gasteiger partial charge < -0.3 is 23.4 Å². The molecule has 0 spiro atoms. The third kappa shape index (κ3) is 24.2. The zero-order valence-electron chi connectivity index (χ0n) is 37.6. The van der Waals surface area contributed by atoms with Gasteiger partial charge in [-0.3, -0.25) is 9.59 Å². The van der Waals surface area contributed by atoms with Gasteiger partial charge in [0.25, 0.3) is 0 Å². The molecule has 0 radical (unpaired) electrons. The first-order valence-electron chi connectivity index (χ1n) is 23.9. The molecule has 0 aliphatic carbocycles. The predicted octanol–water partition coefficient (Wildman–Crippen LogP) is 14.1. The number of aryl methyl sites for hydroxylation is 5. The number of aliphatic hydroxyl groups excluding tert-OH is 1. The Morgan fingerprint density at radius 3 is 1.40 bits per heavy atom. The molecule has 0 aliphatic rings. The predicted molar refractivity (Wildman–Crippen MR) is 235 cm³/mol. The number of rotatable bonds is 38. The van der Waals surface area contributed by atoms with Crippen molar-refractivity contribution in [3.63, 3.8) is 0 Å². The molecule has 2 rings (SSSR count). The lowest BCUT2D eigenvalue weighted by molar-refractivity contribution is -0.161. The van der Waals surface area contributed by atoms with E-state index in [0.29, 0.717) is 12.8 Å². The van der Waals surface area contributed by atoms with Crippen molar-refractivity contribution in [3.8, 4) is 0 Å². The van der Waals surface area contributed by atoms with Gasteiger partial charge in [0.15, 0.2) is 6.10 Å². The van der Waals surface area contributed by atoms with Crippen LogP contribution in [0.15, 0.2) is 14.9 Å². The zero-order chi connectivity index (χ0) is 41.4. The lowest BCUT2D eigenvalue weighted by Gasteiger charge is -2.15. The van der Waals surface area contributed by atoms with Crippen molar-refractivity contribution in [2.45, 2.75) is 246 Å². The van der Waals surface area contributed by atoms with Crippen LogP contribution in [0.4, 0.5) is 0 Å². The van der Waals surface area contributed by atoms with Crippen molar-refractivity contribution < 1.29 is 33.0 Å². The second-order valence-electron chi connectivity index (χ2n) is 17.0. The summed E-state index contributed by atoms with van der Waals surface area (Å²) < 4.78 is 23.0. The van der Waals surface area contributed by atoms with Crippen LogP contribution >= 0.6 is 0 Å². The molecule has 328 valence electrons. The minimum absolute atomic E-state index is 0.0789. The molecule has 57 heavy (non-hydrogen) atoms. The van der Waals surface area contributed by atoms with Crippen LogP contribution in [0, 0.1) is 20.8 Å². The second kappa shape index (κ2) is 33.3. The first kappa shape index (κ1) is 50.6. The number of hydrogen-bond donors (Lipinski definition) is 1. The largest absolute Gasteiger partial charge is 0.466 e. The van der Waals surface area contributed by atoms with Gasteiger partial charge in [-0.05, 0) is 82.1 Å². The van der Waals surface area contributed by atoms with Crippen LogP contribution in [0.5, 0.6) is 0 Å². The molecule has 1 N–H and O–H groups in total. The Kier molecular flexibility index (Phi) is 29.6. The van der Waals surface area contributed by atoms with Crippen molar-refractivity contribution in [2.75, 3.05) is 13.2 Å². The molecule has 2 heterocycles. The first-order chi connectivity index (χ1) is 27.8. The molecule has 1 atom stereocenters. The van der Waals surface area contributed by atoms with Crippen LogP contribution < -0.4 is 0 Å². The average Bonchev–Trinajstić information content (AvgIpc) is 3.69. The standard InChI is InChI=1S/C50H86O7/c1-6-8-26-32-44-38-41(3)46(55-44)33-28-22-18-14-10-12-16-20-24-30-36-49(52)54-40-45(39-51)56-50(53)37-31-25-21-17-13-11-15-19-23-29-35-48-43(5)42(4)47(57-48)34-27-9-7-2/h38,45,51H,6-37,39-40H2,1-5H3/t45-/m0/s1. The fourth-order valence-electron chi connectivity index (χ4n) is 7.81. The van der Waals surface area contributed by atoms with Crippen molar-refractivity contribution >= 4 is 11.9 Å². The smallest absolute Gasteiger partial charge is 0.306 e. The lowest BCUT2D eigenvalue weighted by atomic mass is 10.0. The lowest BCUT2D eigenvalue weighted by Crippen LogP contribution is -2.28. The van der Waals surface area contributed by atoms with Crippen molar-refractivity contribution in [2.24, 2.45) is 0 Å². The van der Waals surface area contributed by atoms with E-state index in [0.717, 1.165) is 70.0 Å². The zero-order valence-corrected chi connectivity index (χ0v) is 37.6. The molecule has 2 aromatic rings. The molecule has 0 saturated carbocycles. The maximum absolute atomic E-state index is 12.3. The Morgan fingerprint density at radius 1 is 0.526 bits per heavy atom. The van der Waals surface area contributed by atoms with E-state index in [1.54, 1.807) is 0 Å². The highest BCUT2D eigenvalue weighted by atomic mass is 16.6. The second-order valence-corrected chi connectivity index (χ2v) is 17.0. The van der Waals surface area contributed by atoms with Crippen molar-refractivity contribution in [3.05, 3.63) is 45.8 Å². The van der Waals surface area contributed by atoms with Gasteiger partial charge in [0.1, 0.15) is 29.6 Å². The molecule has 0 fully saturated rings. The van der Waals surface area contributed by atoms with Crippen LogP contribution in [-0.2, 0) is 44.7 Å². The molecule has 0 bridgehead atoms. The fourth-order valence-corrected chi connectivity index (χ4v) is 7.81. The SMILES string of the molecule is CCCCCc1cc(C)c(CCCCCCCCCCCCC(=O)OC[C@H](CO)OC(=O)CCCCCCCCCCCCc2oc(CCCCC)c(C)c2C)o1. The summed E-state index contributed by atoms with van der Waals surface area (Å²) in [7, 11) is 0. The Bertz CT molecular complexity index is 1290. The van der Waals surface area contributed by atoms with E-state index in [2.05, 4.69) is 40.7 Å². The molecular weight excluding hydrogens is 713 g/mol. The summed E-state index contributed by atoms with van der Waals surface area (Å²) in [4.78, 5) is 24.5. The van der Waals surface area contributed by atoms with Crippen LogP contribution in [0.3, 0.4) is 0 Å². The maximum Gasteiger partial charge on any atom is 0.306 e. The van der Waals surface area contributed by atoms with Gasteiger partial charge in [0.2, 0.25) is 0 Å². The van der Waals surface area contributed by atoms with Crippen molar-refractivity contribution in [1.29, 1.82) is 0 Å². The van der Waals surface area contributed by atoms with Gasteiger partial charge in [-0.1, -0.05) is 142 Å². The highest BCUT2D eigenvalue weighted by molar-refractivity contribution is 5.70. The molecular formula is C50H86O7. The van der Waals surface area contributed by atoms with Gasteiger partial charge in [-0.15, -0.1) is 0 Å². The summed E-state index contributed by atoms with van der Waals surface area (Å²) in [6, 6.07) is 2.24. The van der Waals surface area contributed by atoms with Crippen LogP contribution in [-0.4, -0.2) is 36.4 Å². The molecule has 0 saturated heterocycles. The molecule has 7 nitrogen and oxygen atoms in total. The quantitative estimate of drug-likeness (QED) is 0.0533. The number of esters is 2. The molecule has 0 amide bonds. The number of furan rings is 2. The number of hydrogen-bond acceptors (Lipinski definition) is 7. The highest BCUT2D eigenvalue weighted by Gasteiger charge is 2.16. The molecule has 2 aromatic heterocycles. The normalized spacial score (nSPS) is 12.0. The maximum atomic E-state index is 12.3. The van der Waals surface area contributed by atoms with Gasteiger partial charge >= 0.3 is 11.9 Å². The monoisotopic (exact) mass is 799 g/mol. The summed E-state index contributed by atoms with van der Waals surface area (Å²) in [5.41, 5.74) is 4.05. The minimum atomic E-state index is -0.788. The molecule has 0 aromatic carbocycles. The van der Waals surface area contributed by atoms with Crippen LogP contribution in [0.2, 0.25) is 0 Å². The molecule has 0 aliphatic heterocycles. The Hall–Kier alpha value is -2.54. The highest BCUT2D eigenvalue weighted by Crippen LogP contribution is 2.25. The number of aliphatic hydroxyl groups is 1. The van der Waals surface area contributed by atoms with Gasteiger partial charge in [-0.25, -0.2) is 0 Å². The van der Waals surface area contributed by atoms with E-state index in [-0.39, 0.29) is 25.2 Å². The van der Waals surface area contributed by atoms with E-state index in [1.165, 1.54) is 162 Å². The van der Waals surface area contributed by atoms with Crippen LogP contribution in [0.25, 0.3) is 0 Å². The van der Waals surface area contributed by atoms with E-state index < -0.39 is 6.10 Å². The van der Waals surface area contributed by atoms with Gasteiger partial charge in [0, 0.05) is 38.5 Å². The summed E-state index contributed by atoms with van der Waals surface area (Å²) in [5, 5.41) is 9.64. The van der Waals surface area contributed by atoms with Crippen LogP contribution in [0.1, 0.15) is 233 Å². The molecule has 7 heteroatoms. The summed E-state index contributed by atoms with van der Waals surface area (Å²) in [6.07, 6.45) is 35.0. The first-order valence-corrected chi connectivity index (χ1v) is 23.9. The van der Waals surface area contributed by atoms with Gasteiger partial charge in [-0.2, -0.15) is 0 Å². The van der Waals surface area contributed by atoms with E-state index in [9.17, 15) is 14.7 Å². The summed E-state index contributed by atoms with van der Waals surface area (Å²) >= 11 is 0. The molecule has 0 unspecified atom stereocenters. The van der Waals surface area contributed by atoms with E-state index >= 15 is 0 Å². The Labute approximate surface area is 349 Å². The van der Waals surface area contributed by atoms with E-state index in [4.69, 9.17) is 18.3 Å². The van der Waals surface area contributed by atoms with Crippen molar-refractivity contribution in [1.82, 2.24) is 0 Å². The summed E-state index contributed by atoms with van der Waals surface area (Å²) in [6.45, 7) is 10.7. The topological polar surface area (TPSA) is 99.1 Å². The number of carbonyl (C=O) groups excluding carboxylic acids is 2. The third-order valence-corrected chi connectivity index (χ3v) is 11.8. The summed E-state index contributed by atoms with van der Waals surface area (Å²) in [5.74, 6) is 4.15. The Balaban J connectivity index is 1.35. The van der Waals surface area contributed by atoms with Gasteiger partial charge in [0.05, 0.1) is 6.61 Å². The fraction of sp³-hybridized carbons (Fsp3) is 0.800. The number of unbranched alkanes of at least 4 members (excludes halogenated alkanes) is 22. The number of ether oxygens (including phenoxy) is 2. The van der Waals surface area contributed by atoms with E-state index in [1.807, 2.05) is 0 Å². The average molecular weight is 799 g/mol. The number of carbonyl (C=O) groups is 2.